The number of carbonyl (C=O) groups excluding carboxylic acids is 1. The van der Waals surface area contributed by atoms with Crippen LogP contribution in [0.5, 0.6) is 5.75 Å². The first-order valence-corrected chi connectivity index (χ1v) is 6.18. The Kier molecular flexibility index (Phi) is 2.63. The second-order valence-corrected chi connectivity index (χ2v) is 5.03. The zero-order chi connectivity index (χ0) is 11.8. The highest BCUT2D eigenvalue weighted by Crippen LogP contribution is 2.39. The Morgan fingerprint density at radius 2 is 2.29 bits per heavy atom. The number of carbonyl (C=O) groups is 1. The summed E-state index contributed by atoms with van der Waals surface area (Å²) >= 11 is 0. The predicted octanol–water partition coefficient (Wildman–Crippen LogP) is 2.07. The van der Waals surface area contributed by atoms with Crippen molar-refractivity contribution in [2.24, 2.45) is 5.92 Å². The van der Waals surface area contributed by atoms with E-state index in [1.165, 1.54) is 0 Å². The number of phenols is 1. The Labute approximate surface area is 100 Å². The molecule has 0 saturated carbocycles. The van der Waals surface area contributed by atoms with Crippen molar-refractivity contribution >= 4 is 5.78 Å². The Hall–Kier alpha value is -1.35. The lowest BCUT2D eigenvalue weighted by Gasteiger charge is -2.17. The fraction of sp³-hybridized carbons (Fsp3) is 0.500. The van der Waals surface area contributed by atoms with E-state index in [0.29, 0.717) is 12.5 Å². The molecule has 0 radical (unpaired) electrons. The van der Waals surface area contributed by atoms with Crippen LogP contribution in [0.15, 0.2) is 24.3 Å². The monoisotopic (exact) mass is 232 g/mol. The summed E-state index contributed by atoms with van der Waals surface area (Å²) in [5.41, 5.74) is 0.887. The van der Waals surface area contributed by atoms with Gasteiger partial charge in [-0.25, -0.2) is 0 Å². The molecule has 3 heteroatoms. The molecule has 2 aliphatic rings. The molecule has 0 amide bonds. The summed E-state index contributed by atoms with van der Waals surface area (Å²) in [5, 5.41) is 9.36. The average molecular weight is 232 g/mol. The normalized spacial score (nSPS) is 30.7. The number of fused-ring (bicyclic) bond motifs is 2. The van der Waals surface area contributed by atoms with Gasteiger partial charge < -0.3 is 9.84 Å². The molecule has 3 nitrogen and oxygen atoms in total. The van der Waals surface area contributed by atoms with E-state index in [1.54, 1.807) is 18.2 Å². The van der Waals surface area contributed by atoms with Crippen LogP contribution in [0.3, 0.4) is 0 Å². The van der Waals surface area contributed by atoms with Gasteiger partial charge in [-0.1, -0.05) is 12.1 Å². The second-order valence-electron chi connectivity index (χ2n) is 5.03. The number of ketones is 1. The first-order chi connectivity index (χ1) is 8.22. The Bertz CT molecular complexity index is 441. The van der Waals surface area contributed by atoms with Crippen molar-refractivity contribution in [1.82, 2.24) is 0 Å². The summed E-state index contributed by atoms with van der Waals surface area (Å²) < 4.78 is 5.70. The molecular formula is C14H16O3. The minimum atomic E-state index is 0.0797. The van der Waals surface area contributed by atoms with Gasteiger partial charge in [0.2, 0.25) is 0 Å². The van der Waals surface area contributed by atoms with Crippen LogP contribution < -0.4 is 0 Å². The summed E-state index contributed by atoms with van der Waals surface area (Å²) in [7, 11) is 0. The molecule has 0 aliphatic carbocycles. The third-order valence-corrected chi connectivity index (χ3v) is 3.81. The molecule has 2 aliphatic heterocycles. The highest BCUT2D eigenvalue weighted by molar-refractivity contribution is 5.84. The van der Waals surface area contributed by atoms with E-state index in [-0.39, 0.29) is 23.6 Å². The Balaban J connectivity index is 1.68. The van der Waals surface area contributed by atoms with Crippen molar-refractivity contribution in [3.05, 3.63) is 29.8 Å². The quantitative estimate of drug-likeness (QED) is 0.867. The first-order valence-electron chi connectivity index (χ1n) is 6.18. The number of phenolic OH excluding ortho intramolecular Hbond substituents is 1. The van der Waals surface area contributed by atoms with Crippen LogP contribution in [0.1, 0.15) is 24.8 Å². The van der Waals surface area contributed by atoms with Gasteiger partial charge in [-0.15, -0.1) is 0 Å². The van der Waals surface area contributed by atoms with Gasteiger partial charge in [-0.3, -0.25) is 4.79 Å². The molecule has 1 N–H and O–H groups in total. The van der Waals surface area contributed by atoms with Crippen molar-refractivity contribution in [2.75, 3.05) is 0 Å². The van der Waals surface area contributed by atoms with Crippen molar-refractivity contribution in [3.63, 3.8) is 0 Å². The number of Topliss-reactive ketones (excluding diaryl/α,β-unsaturated/α-hetero) is 1. The summed E-state index contributed by atoms with van der Waals surface area (Å²) in [4.78, 5) is 12.2. The minimum Gasteiger partial charge on any atom is -0.508 e. The maximum Gasteiger partial charge on any atom is 0.143 e. The zero-order valence-corrected chi connectivity index (χ0v) is 9.63. The standard InChI is InChI=1S/C14H16O3/c15-10-3-1-2-9(6-10)7-13(16)12-8-11-4-5-14(12)17-11/h1-3,6,11-12,14-15H,4-5,7-8H2. The molecule has 2 saturated heterocycles. The molecule has 1 aromatic carbocycles. The Morgan fingerprint density at radius 1 is 1.41 bits per heavy atom. The van der Waals surface area contributed by atoms with Crippen molar-refractivity contribution < 1.29 is 14.6 Å². The molecule has 2 bridgehead atoms. The van der Waals surface area contributed by atoms with Crippen LogP contribution in [0, 0.1) is 5.92 Å². The summed E-state index contributed by atoms with van der Waals surface area (Å²) in [6.07, 6.45) is 3.92. The van der Waals surface area contributed by atoms with E-state index < -0.39 is 0 Å². The fourth-order valence-electron chi connectivity index (χ4n) is 2.98. The molecule has 17 heavy (non-hydrogen) atoms. The van der Waals surface area contributed by atoms with E-state index in [4.69, 9.17) is 4.74 Å². The van der Waals surface area contributed by atoms with E-state index in [2.05, 4.69) is 0 Å². The topological polar surface area (TPSA) is 46.5 Å². The molecule has 0 aromatic heterocycles. The van der Waals surface area contributed by atoms with Gasteiger partial charge in [0.05, 0.1) is 12.2 Å². The van der Waals surface area contributed by atoms with E-state index >= 15 is 0 Å². The minimum absolute atomic E-state index is 0.0797. The number of benzene rings is 1. The molecule has 2 heterocycles. The lowest BCUT2D eigenvalue weighted by atomic mass is 9.84. The average Bonchev–Trinajstić information content (AvgIpc) is 2.90. The van der Waals surface area contributed by atoms with Crippen LogP contribution in [-0.2, 0) is 16.0 Å². The maximum atomic E-state index is 12.2. The van der Waals surface area contributed by atoms with Gasteiger partial charge in [-0.05, 0) is 37.0 Å². The molecule has 3 rings (SSSR count). The van der Waals surface area contributed by atoms with Gasteiger partial charge in [-0.2, -0.15) is 0 Å². The fourth-order valence-corrected chi connectivity index (χ4v) is 2.98. The zero-order valence-electron chi connectivity index (χ0n) is 9.63. The SMILES string of the molecule is O=C(Cc1cccc(O)c1)C1CC2CCC1O2. The lowest BCUT2D eigenvalue weighted by molar-refractivity contribution is -0.123. The second kappa shape index (κ2) is 4.15. The van der Waals surface area contributed by atoms with Crippen LogP contribution in [-0.4, -0.2) is 23.1 Å². The van der Waals surface area contributed by atoms with Gasteiger partial charge >= 0.3 is 0 Å². The number of aromatic hydroxyl groups is 1. The third-order valence-electron chi connectivity index (χ3n) is 3.81. The molecule has 2 fully saturated rings. The summed E-state index contributed by atoms with van der Waals surface area (Å²) in [6.45, 7) is 0. The van der Waals surface area contributed by atoms with Gasteiger partial charge in [0, 0.05) is 12.3 Å². The van der Waals surface area contributed by atoms with Crippen molar-refractivity contribution in [1.29, 1.82) is 0 Å². The third kappa shape index (κ3) is 2.07. The van der Waals surface area contributed by atoms with Crippen LogP contribution >= 0.6 is 0 Å². The van der Waals surface area contributed by atoms with Crippen molar-refractivity contribution in [3.8, 4) is 5.75 Å². The lowest BCUT2D eigenvalue weighted by Crippen LogP contribution is -2.26. The maximum absolute atomic E-state index is 12.2. The number of hydrogen-bond donors (Lipinski definition) is 1. The summed E-state index contributed by atoms with van der Waals surface area (Å²) in [6, 6.07) is 6.93. The van der Waals surface area contributed by atoms with Crippen LogP contribution in [0.2, 0.25) is 0 Å². The number of ether oxygens (including phenoxy) is 1. The van der Waals surface area contributed by atoms with Crippen molar-refractivity contribution in [2.45, 2.75) is 37.9 Å². The van der Waals surface area contributed by atoms with Gasteiger partial charge in [0.1, 0.15) is 11.5 Å². The van der Waals surface area contributed by atoms with E-state index in [0.717, 1.165) is 24.8 Å². The highest BCUT2D eigenvalue weighted by atomic mass is 16.5. The smallest absolute Gasteiger partial charge is 0.143 e. The molecule has 90 valence electrons. The number of hydrogen-bond acceptors (Lipinski definition) is 3. The largest absolute Gasteiger partial charge is 0.508 e. The molecular weight excluding hydrogens is 216 g/mol. The summed E-state index contributed by atoms with van der Waals surface area (Å²) in [5.74, 6) is 0.554. The first kappa shape index (κ1) is 10.8. The van der Waals surface area contributed by atoms with E-state index in [1.807, 2.05) is 6.07 Å². The van der Waals surface area contributed by atoms with Crippen LogP contribution in [0.4, 0.5) is 0 Å². The molecule has 0 spiro atoms. The van der Waals surface area contributed by atoms with Crippen LogP contribution in [0.25, 0.3) is 0 Å². The van der Waals surface area contributed by atoms with Gasteiger partial charge in [0.25, 0.3) is 0 Å². The van der Waals surface area contributed by atoms with E-state index in [9.17, 15) is 9.90 Å². The molecule has 1 aromatic rings. The predicted molar refractivity (Wildman–Crippen MR) is 62.8 cm³/mol. The number of rotatable bonds is 3. The molecule has 3 unspecified atom stereocenters. The van der Waals surface area contributed by atoms with Gasteiger partial charge in [0.15, 0.2) is 0 Å². The highest BCUT2D eigenvalue weighted by Gasteiger charge is 2.43. The Morgan fingerprint density at radius 3 is 2.94 bits per heavy atom. The molecule has 3 atom stereocenters.